The van der Waals surface area contributed by atoms with E-state index in [1.165, 1.54) is 4.31 Å². The number of benzene rings is 2. The summed E-state index contributed by atoms with van der Waals surface area (Å²) in [6, 6.07) is 17.9. The molecule has 1 fully saturated rings. The minimum atomic E-state index is -3.34. The van der Waals surface area contributed by atoms with Crippen molar-refractivity contribution in [1.82, 2.24) is 9.62 Å². The number of sulfonamides is 1. The number of rotatable bonds is 8. The number of hydrogen-bond acceptors (Lipinski definition) is 3. The van der Waals surface area contributed by atoms with Crippen LogP contribution in [0.15, 0.2) is 54.6 Å². The predicted octanol–water partition coefficient (Wildman–Crippen LogP) is 3.29. The maximum atomic E-state index is 12.8. The van der Waals surface area contributed by atoms with Crippen LogP contribution in [0.3, 0.4) is 0 Å². The SMILES string of the molecule is Cc1cccc(CNC(=O)[C@H]2CCCN(S(=O)(=O)CCCc3ccccc3)C2)c1. The van der Waals surface area contributed by atoms with Gasteiger partial charge < -0.3 is 5.32 Å². The third kappa shape index (κ3) is 6.41. The summed E-state index contributed by atoms with van der Waals surface area (Å²) in [6.45, 7) is 3.29. The van der Waals surface area contributed by atoms with Gasteiger partial charge in [-0.25, -0.2) is 12.7 Å². The molecular weight excluding hydrogens is 384 g/mol. The molecule has 0 unspecified atom stereocenters. The molecule has 156 valence electrons. The van der Waals surface area contributed by atoms with Gasteiger partial charge in [0.15, 0.2) is 0 Å². The zero-order chi connectivity index (χ0) is 20.7. The lowest BCUT2D eigenvalue weighted by Crippen LogP contribution is -2.46. The number of carbonyl (C=O) groups is 1. The molecule has 1 N–H and O–H groups in total. The molecule has 2 aromatic carbocycles. The number of carbonyl (C=O) groups excluding carboxylic acids is 1. The Morgan fingerprint density at radius 1 is 1.10 bits per heavy atom. The summed E-state index contributed by atoms with van der Waals surface area (Å²) < 4.78 is 27.0. The zero-order valence-electron chi connectivity index (χ0n) is 17.0. The fourth-order valence-electron chi connectivity index (χ4n) is 3.80. The fourth-order valence-corrected chi connectivity index (χ4v) is 5.38. The van der Waals surface area contributed by atoms with Gasteiger partial charge in [0.25, 0.3) is 0 Å². The minimum absolute atomic E-state index is 0.0595. The minimum Gasteiger partial charge on any atom is -0.352 e. The third-order valence-corrected chi connectivity index (χ3v) is 7.33. The third-order valence-electron chi connectivity index (χ3n) is 5.41. The first-order valence-electron chi connectivity index (χ1n) is 10.3. The lowest BCUT2D eigenvalue weighted by atomic mass is 9.98. The van der Waals surface area contributed by atoms with Crippen molar-refractivity contribution < 1.29 is 13.2 Å². The quantitative estimate of drug-likeness (QED) is 0.721. The summed E-state index contributed by atoms with van der Waals surface area (Å²) >= 11 is 0. The summed E-state index contributed by atoms with van der Waals surface area (Å²) in [4.78, 5) is 12.6. The Bertz CT molecular complexity index is 913. The number of aryl methyl sites for hydroxylation is 2. The second kappa shape index (κ2) is 10.0. The lowest BCUT2D eigenvalue weighted by Gasteiger charge is -2.31. The van der Waals surface area contributed by atoms with Crippen LogP contribution in [0.2, 0.25) is 0 Å². The number of nitrogens with one attached hydrogen (secondary N) is 1. The fraction of sp³-hybridized carbons (Fsp3) is 0.435. The summed E-state index contributed by atoms with van der Waals surface area (Å²) in [5.74, 6) is -0.215. The summed E-state index contributed by atoms with van der Waals surface area (Å²) in [5.41, 5.74) is 3.36. The van der Waals surface area contributed by atoms with Crippen LogP contribution in [0.1, 0.15) is 36.0 Å². The second-order valence-corrected chi connectivity index (χ2v) is 9.90. The average Bonchev–Trinajstić information content (AvgIpc) is 2.73. The Labute approximate surface area is 174 Å². The van der Waals surface area contributed by atoms with Gasteiger partial charge in [-0.15, -0.1) is 0 Å². The maximum absolute atomic E-state index is 12.8. The first-order valence-corrected chi connectivity index (χ1v) is 11.9. The molecule has 2 aromatic rings. The van der Waals surface area contributed by atoms with Gasteiger partial charge in [0.2, 0.25) is 15.9 Å². The topological polar surface area (TPSA) is 66.5 Å². The van der Waals surface area contributed by atoms with Gasteiger partial charge in [0.05, 0.1) is 11.7 Å². The zero-order valence-corrected chi connectivity index (χ0v) is 17.8. The van der Waals surface area contributed by atoms with Gasteiger partial charge >= 0.3 is 0 Å². The standard InChI is InChI=1S/C23H30N2O3S/c1-19-8-5-11-21(16-19)17-24-23(26)22-13-6-14-25(18-22)29(27,28)15-7-12-20-9-3-2-4-10-20/h2-5,8-11,16,22H,6-7,12-15,17-18H2,1H3,(H,24,26)/t22-/m0/s1. The summed E-state index contributed by atoms with van der Waals surface area (Å²) in [6.07, 6.45) is 2.79. The lowest BCUT2D eigenvalue weighted by molar-refractivity contribution is -0.126. The van der Waals surface area contributed by atoms with Crippen LogP contribution in [0.5, 0.6) is 0 Å². The van der Waals surface area contributed by atoms with E-state index in [4.69, 9.17) is 0 Å². The molecule has 1 aliphatic rings. The van der Waals surface area contributed by atoms with Crippen LogP contribution in [0.25, 0.3) is 0 Å². The highest BCUT2D eigenvalue weighted by Crippen LogP contribution is 2.20. The van der Waals surface area contributed by atoms with E-state index in [-0.39, 0.29) is 24.1 Å². The molecule has 5 nitrogen and oxygen atoms in total. The second-order valence-electron chi connectivity index (χ2n) is 7.81. The summed E-state index contributed by atoms with van der Waals surface area (Å²) in [7, 11) is -3.34. The Hall–Kier alpha value is -2.18. The Balaban J connectivity index is 1.49. The molecule has 1 atom stereocenters. The highest BCUT2D eigenvalue weighted by molar-refractivity contribution is 7.89. The van der Waals surface area contributed by atoms with Crippen molar-refractivity contribution in [1.29, 1.82) is 0 Å². The number of amides is 1. The number of nitrogens with zero attached hydrogens (tertiary/aromatic N) is 1. The Morgan fingerprint density at radius 2 is 1.86 bits per heavy atom. The van der Waals surface area contributed by atoms with Crippen molar-refractivity contribution in [3.05, 3.63) is 71.3 Å². The van der Waals surface area contributed by atoms with E-state index in [1.807, 2.05) is 61.5 Å². The molecule has 0 spiro atoms. The molecule has 6 heteroatoms. The van der Waals surface area contributed by atoms with Crippen molar-refractivity contribution >= 4 is 15.9 Å². The van der Waals surface area contributed by atoms with Crippen LogP contribution in [0, 0.1) is 12.8 Å². The smallest absolute Gasteiger partial charge is 0.224 e. The average molecular weight is 415 g/mol. The van der Waals surface area contributed by atoms with Crippen molar-refractivity contribution in [3.8, 4) is 0 Å². The molecular formula is C23H30N2O3S. The first-order chi connectivity index (χ1) is 13.9. The highest BCUT2D eigenvalue weighted by atomic mass is 32.2. The molecule has 3 rings (SSSR count). The molecule has 1 saturated heterocycles. The van der Waals surface area contributed by atoms with Crippen molar-refractivity contribution in [3.63, 3.8) is 0 Å². The van der Waals surface area contributed by atoms with Gasteiger partial charge in [-0.2, -0.15) is 0 Å². The van der Waals surface area contributed by atoms with Crippen LogP contribution in [-0.2, 0) is 27.8 Å². The van der Waals surface area contributed by atoms with Crippen molar-refractivity contribution in [2.45, 2.75) is 39.2 Å². The maximum Gasteiger partial charge on any atom is 0.224 e. The normalized spacial score (nSPS) is 17.8. The first kappa shape index (κ1) is 21.5. The van der Waals surface area contributed by atoms with Crippen LogP contribution in [-0.4, -0.2) is 37.5 Å². The van der Waals surface area contributed by atoms with Crippen LogP contribution in [0.4, 0.5) is 0 Å². The monoisotopic (exact) mass is 414 g/mol. The van der Waals surface area contributed by atoms with Gasteiger partial charge in [0, 0.05) is 19.6 Å². The van der Waals surface area contributed by atoms with E-state index >= 15 is 0 Å². The molecule has 1 amide bonds. The van der Waals surface area contributed by atoms with Crippen molar-refractivity contribution in [2.75, 3.05) is 18.8 Å². The van der Waals surface area contributed by atoms with E-state index in [9.17, 15) is 13.2 Å². The number of piperidine rings is 1. The van der Waals surface area contributed by atoms with Gasteiger partial charge in [0.1, 0.15) is 0 Å². The van der Waals surface area contributed by atoms with Crippen molar-refractivity contribution in [2.24, 2.45) is 5.92 Å². The van der Waals surface area contributed by atoms with E-state index in [0.717, 1.165) is 36.0 Å². The highest BCUT2D eigenvalue weighted by Gasteiger charge is 2.31. The van der Waals surface area contributed by atoms with E-state index in [2.05, 4.69) is 5.32 Å². The Morgan fingerprint density at radius 3 is 2.62 bits per heavy atom. The Kier molecular flexibility index (Phi) is 7.45. The van der Waals surface area contributed by atoms with Crippen LogP contribution < -0.4 is 5.32 Å². The molecule has 0 aliphatic carbocycles. The largest absolute Gasteiger partial charge is 0.352 e. The molecule has 29 heavy (non-hydrogen) atoms. The number of hydrogen-bond donors (Lipinski definition) is 1. The predicted molar refractivity (Wildman–Crippen MR) is 116 cm³/mol. The molecule has 0 radical (unpaired) electrons. The molecule has 0 saturated carbocycles. The van der Waals surface area contributed by atoms with E-state index in [1.54, 1.807) is 0 Å². The van der Waals surface area contributed by atoms with Crippen LogP contribution >= 0.6 is 0 Å². The van der Waals surface area contributed by atoms with E-state index in [0.29, 0.717) is 19.5 Å². The molecule has 1 heterocycles. The van der Waals surface area contributed by atoms with Gasteiger partial charge in [-0.1, -0.05) is 60.2 Å². The van der Waals surface area contributed by atoms with E-state index < -0.39 is 10.0 Å². The summed E-state index contributed by atoms with van der Waals surface area (Å²) in [5, 5.41) is 2.97. The molecule has 1 aliphatic heterocycles. The van der Waals surface area contributed by atoms with Gasteiger partial charge in [-0.05, 0) is 43.7 Å². The molecule has 0 bridgehead atoms. The molecule has 0 aromatic heterocycles. The van der Waals surface area contributed by atoms with Gasteiger partial charge in [-0.3, -0.25) is 4.79 Å².